The Balaban J connectivity index is 2.28. The normalized spacial score (nSPS) is 10.3. The van der Waals surface area contributed by atoms with Crippen molar-refractivity contribution >= 4 is 27.5 Å². The minimum Gasteiger partial charge on any atom is -0.508 e. The van der Waals surface area contributed by atoms with Gasteiger partial charge in [0.25, 0.3) is 5.91 Å². The lowest BCUT2D eigenvalue weighted by molar-refractivity contribution is 0.102. The van der Waals surface area contributed by atoms with Crippen molar-refractivity contribution in [3.05, 3.63) is 57.8 Å². The van der Waals surface area contributed by atoms with Crippen molar-refractivity contribution in [2.75, 3.05) is 5.32 Å². The fraction of sp³-hybridized carbons (Fsp3) is 0.0714. The van der Waals surface area contributed by atoms with Gasteiger partial charge in [-0.1, -0.05) is 6.07 Å². The van der Waals surface area contributed by atoms with Gasteiger partial charge in [0, 0.05) is 15.7 Å². The molecule has 98 valence electrons. The van der Waals surface area contributed by atoms with Gasteiger partial charge in [-0.2, -0.15) is 0 Å². The molecule has 5 heteroatoms. The smallest absolute Gasteiger partial charge is 0.256 e. The molecule has 0 atom stereocenters. The molecule has 0 saturated heterocycles. The van der Waals surface area contributed by atoms with Crippen LogP contribution in [-0.4, -0.2) is 11.0 Å². The summed E-state index contributed by atoms with van der Waals surface area (Å²) in [6.07, 6.45) is 0. The van der Waals surface area contributed by atoms with Crippen molar-refractivity contribution in [3.8, 4) is 5.75 Å². The van der Waals surface area contributed by atoms with Gasteiger partial charge in [-0.05, 0) is 53.2 Å². The van der Waals surface area contributed by atoms with Crippen LogP contribution in [-0.2, 0) is 0 Å². The molecule has 0 bridgehead atoms. The first-order valence-corrected chi connectivity index (χ1v) is 6.33. The van der Waals surface area contributed by atoms with Gasteiger partial charge in [0.15, 0.2) is 0 Å². The summed E-state index contributed by atoms with van der Waals surface area (Å²) in [5.41, 5.74) is 1.42. The van der Waals surface area contributed by atoms with Crippen LogP contribution in [0.4, 0.5) is 10.1 Å². The summed E-state index contributed by atoms with van der Waals surface area (Å²) >= 11 is 3.14. The van der Waals surface area contributed by atoms with Crippen LogP contribution in [0.5, 0.6) is 5.75 Å². The number of carbonyl (C=O) groups is 1. The molecule has 19 heavy (non-hydrogen) atoms. The Morgan fingerprint density at radius 3 is 2.74 bits per heavy atom. The van der Waals surface area contributed by atoms with Gasteiger partial charge >= 0.3 is 0 Å². The van der Waals surface area contributed by atoms with E-state index in [0.29, 0.717) is 21.3 Å². The lowest BCUT2D eigenvalue weighted by Crippen LogP contribution is -2.13. The molecule has 0 unspecified atom stereocenters. The highest BCUT2D eigenvalue weighted by Gasteiger charge is 2.12. The summed E-state index contributed by atoms with van der Waals surface area (Å²) in [5, 5.41) is 12.2. The number of hydrogen-bond acceptors (Lipinski definition) is 2. The average Bonchev–Trinajstić information content (AvgIpc) is 2.34. The van der Waals surface area contributed by atoms with E-state index in [-0.39, 0.29) is 11.7 Å². The summed E-state index contributed by atoms with van der Waals surface area (Å²) in [4.78, 5) is 12.1. The van der Waals surface area contributed by atoms with E-state index in [9.17, 15) is 14.3 Å². The molecular formula is C14H11BrFNO2. The highest BCUT2D eigenvalue weighted by atomic mass is 79.9. The molecule has 2 aromatic carbocycles. The summed E-state index contributed by atoms with van der Waals surface area (Å²) in [5.74, 6) is -0.687. The standard InChI is InChI=1S/C14H11BrFNO2/c1-8-12(3-2-4-13(8)18)17-14(19)10-6-5-9(16)7-11(10)15/h2-7,18H,1H3,(H,17,19). The second kappa shape index (κ2) is 5.40. The lowest BCUT2D eigenvalue weighted by atomic mass is 10.1. The van der Waals surface area contributed by atoms with E-state index in [4.69, 9.17) is 0 Å². The number of nitrogens with one attached hydrogen (secondary N) is 1. The maximum absolute atomic E-state index is 13.0. The van der Waals surface area contributed by atoms with E-state index in [2.05, 4.69) is 21.2 Å². The number of rotatable bonds is 2. The van der Waals surface area contributed by atoms with E-state index in [1.165, 1.54) is 18.2 Å². The quantitative estimate of drug-likeness (QED) is 0.881. The molecule has 0 saturated carbocycles. The number of phenolic OH excluding ortho intramolecular Hbond substituents is 1. The van der Waals surface area contributed by atoms with E-state index < -0.39 is 5.82 Å². The molecule has 0 aliphatic heterocycles. The number of phenols is 1. The molecule has 1 amide bonds. The SMILES string of the molecule is Cc1c(O)cccc1NC(=O)c1ccc(F)cc1Br. The van der Waals surface area contributed by atoms with Crippen molar-refractivity contribution in [2.24, 2.45) is 0 Å². The van der Waals surface area contributed by atoms with Gasteiger partial charge in [0.1, 0.15) is 11.6 Å². The van der Waals surface area contributed by atoms with Crippen molar-refractivity contribution in [3.63, 3.8) is 0 Å². The Hall–Kier alpha value is -1.88. The van der Waals surface area contributed by atoms with E-state index in [1.54, 1.807) is 25.1 Å². The molecular weight excluding hydrogens is 313 g/mol. The van der Waals surface area contributed by atoms with Crippen LogP contribution in [0, 0.1) is 12.7 Å². The molecule has 0 aliphatic rings. The first kappa shape index (κ1) is 13.5. The summed E-state index contributed by atoms with van der Waals surface area (Å²) in [6, 6.07) is 8.70. The van der Waals surface area contributed by atoms with Crippen molar-refractivity contribution < 1.29 is 14.3 Å². The van der Waals surface area contributed by atoms with Gasteiger partial charge < -0.3 is 10.4 Å². The highest BCUT2D eigenvalue weighted by molar-refractivity contribution is 9.10. The average molecular weight is 324 g/mol. The van der Waals surface area contributed by atoms with Gasteiger partial charge in [-0.15, -0.1) is 0 Å². The largest absolute Gasteiger partial charge is 0.508 e. The third-order valence-corrected chi connectivity index (χ3v) is 3.39. The van der Waals surface area contributed by atoms with E-state index in [1.807, 2.05) is 0 Å². The third-order valence-electron chi connectivity index (χ3n) is 2.73. The molecule has 0 aliphatic carbocycles. The number of halogens is 2. The first-order valence-electron chi connectivity index (χ1n) is 5.54. The van der Waals surface area contributed by atoms with Crippen LogP contribution in [0.2, 0.25) is 0 Å². The second-order valence-electron chi connectivity index (χ2n) is 4.03. The Morgan fingerprint density at radius 1 is 1.32 bits per heavy atom. The number of hydrogen-bond donors (Lipinski definition) is 2. The summed E-state index contributed by atoms with van der Waals surface area (Å²) in [7, 11) is 0. The Morgan fingerprint density at radius 2 is 2.05 bits per heavy atom. The minimum absolute atomic E-state index is 0.107. The van der Waals surface area contributed by atoms with E-state index >= 15 is 0 Å². The summed E-state index contributed by atoms with van der Waals surface area (Å²) < 4.78 is 13.3. The van der Waals surface area contributed by atoms with Gasteiger partial charge in [0.05, 0.1) is 5.56 Å². The van der Waals surface area contributed by atoms with Gasteiger partial charge in [-0.25, -0.2) is 4.39 Å². The zero-order chi connectivity index (χ0) is 14.0. The molecule has 0 fully saturated rings. The topological polar surface area (TPSA) is 49.3 Å². The molecule has 0 aromatic heterocycles. The van der Waals surface area contributed by atoms with Crippen LogP contribution in [0.3, 0.4) is 0 Å². The van der Waals surface area contributed by atoms with Crippen LogP contribution in [0.15, 0.2) is 40.9 Å². The zero-order valence-corrected chi connectivity index (χ0v) is 11.7. The van der Waals surface area contributed by atoms with Crippen molar-refractivity contribution in [1.29, 1.82) is 0 Å². The predicted octanol–water partition coefficient (Wildman–Crippen LogP) is 3.85. The molecule has 0 heterocycles. The first-order chi connectivity index (χ1) is 8.99. The molecule has 0 radical (unpaired) electrons. The molecule has 2 N–H and O–H groups in total. The maximum Gasteiger partial charge on any atom is 0.256 e. The highest BCUT2D eigenvalue weighted by Crippen LogP contribution is 2.25. The van der Waals surface area contributed by atoms with Crippen LogP contribution >= 0.6 is 15.9 Å². The lowest BCUT2D eigenvalue weighted by Gasteiger charge is -2.10. The van der Waals surface area contributed by atoms with Gasteiger partial charge in [0.2, 0.25) is 0 Å². The molecule has 3 nitrogen and oxygen atoms in total. The number of benzene rings is 2. The van der Waals surface area contributed by atoms with Crippen LogP contribution < -0.4 is 5.32 Å². The summed E-state index contributed by atoms with van der Waals surface area (Å²) in [6.45, 7) is 1.70. The number of aromatic hydroxyl groups is 1. The fourth-order valence-electron chi connectivity index (χ4n) is 1.62. The second-order valence-corrected chi connectivity index (χ2v) is 4.88. The molecule has 2 aromatic rings. The Kier molecular flexibility index (Phi) is 3.85. The monoisotopic (exact) mass is 323 g/mol. The molecule has 2 rings (SSSR count). The Bertz CT molecular complexity index is 643. The third kappa shape index (κ3) is 2.93. The predicted molar refractivity (Wildman–Crippen MR) is 74.9 cm³/mol. The Labute approximate surface area is 118 Å². The molecule has 0 spiro atoms. The zero-order valence-electron chi connectivity index (χ0n) is 10.1. The minimum atomic E-state index is -0.419. The van der Waals surface area contributed by atoms with Crippen LogP contribution in [0.1, 0.15) is 15.9 Å². The maximum atomic E-state index is 13.0. The van der Waals surface area contributed by atoms with Crippen molar-refractivity contribution in [1.82, 2.24) is 0 Å². The number of carbonyl (C=O) groups excluding carboxylic acids is 1. The van der Waals surface area contributed by atoms with E-state index in [0.717, 1.165) is 0 Å². The fourth-order valence-corrected chi connectivity index (χ4v) is 2.15. The van der Waals surface area contributed by atoms with Gasteiger partial charge in [-0.3, -0.25) is 4.79 Å². The number of anilines is 1. The number of amides is 1. The van der Waals surface area contributed by atoms with Crippen LogP contribution in [0.25, 0.3) is 0 Å². The van der Waals surface area contributed by atoms with Crippen molar-refractivity contribution in [2.45, 2.75) is 6.92 Å².